The minimum atomic E-state index is -0.0814. The van der Waals surface area contributed by atoms with Crippen molar-refractivity contribution in [1.82, 2.24) is 10.6 Å². The molecule has 0 saturated carbocycles. The summed E-state index contributed by atoms with van der Waals surface area (Å²) in [6.07, 6.45) is 0.592. The third kappa shape index (κ3) is 5.42. The molecule has 27 heavy (non-hydrogen) atoms. The zero-order valence-electron chi connectivity index (χ0n) is 15.4. The van der Waals surface area contributed by atoms with E-state index in [1.165, 1.54) is 5.39 Å². The van der Waals surface area contributed by atoms with Crippen LogP contribution in [0.3, 0.4) is 0 Å². The molecule has 3 aromatic rings. The van der Waals surface area contributed by atoms with Gasteiger partial charge in [0.1, 0.15) is 0 Å². The van der Waals surface area contributed by atoms with Crippen molar-refractivity contribution in [1.29, 1.82) is 0 Å². The van der Waals surface area contributed by atoms with Gasteiger partial charge in [0, 0.05) is 13.0 Å². The highest BCUT2D eigenvalue weighted by atomic mass is 16.2. The predicted molar refractivity (Wildman–Crippen MR) is 108 cm³/mol. The first kappa shape index (κ1) is 18.6. The molecule has 0 aliphatic heterocycles. The fourth-order valence-corrected chi connectivity index (χ4v) is 3.03. The molecule has 3 rings (SSSR count). The molecule has 0 radical (unpaired) electrons. The number of amides is 2. The van der Waals surface area contributed by atoms with Crippen LogP contribution in [0.4, 0.5) is 0 Å². The highest BCUT2D eigenvalue weighted by Gasteiger charge is 2.11. The first-order chi connectivity index (χ1) is 13.1. The van der Waals surface area contributed by atoms with Crippen LogP contribution in [0.1, 0.15) is 30.5 Å². The van der Waals surface area contributed by atoms with Crippen molar-refractivity contribution in [3.05, 3.63) is 83.9 Å². The van der Waals surface area contributed by atoms with Crippen molar-refractivity contribution in [3.8, 4) is 0 Å². The van der Waals surface area contributed by atoms with E-state index in [4.69, 9.17) is 0 Å². The Morgan fingerprint density at radius 3 is 2.33 bits per heavy atom. The van der Waals surface area contributed by atoms with Gasteiger partial charge in [0.2, 0.25) is 11.8 Å². The molecule has 4 nitrogen and oxygen atoms in total. The molecule has 0 bridgehead atoms. The molecule has 0 aromatic heterocycles. The number of hydrogen-bond donors (Lipinski definition) is 2. The molecule has 3 aromatic carbocycles. The lowest BCUT2D eigenvalue weighted by atomic mass is 10.0. The molecule has 0 aliphatic carbocycles. The monoisotopic (exact) mass is 360 g/mol. The minimum Gasteiger partial charge on any atom is -0.355 e. The Bertz CT molecular complexity index is 922. The minimum absolute atomic E-state index is 0.0726. The summed E-state index contributed by atoms with van der Waals surface area (Å²) in [5.41, 5.74) is 2.03. The molecule has 1 atom stereocenters. The summed E-state index contributed by atoms with van der Waals surface area (Å²) < 4.78 is 0. The second kappa shape index (κ2) is 8.99. The van der Waals surface area contributed by atoms with Gasteiger partial charge in [0.15, 0.2) is 0 Å². The largest absolute Gasteiger partial charge is 0.355 e. The lowest BCUT2D eigenvalue weighted by Gasteiger charge is -2.15. The zero-order valence-corrected chi connectivity index (χ0v) is 15.4. The molecular formula is C23H24N2O2. The van der Waals surface area contributed by atoms with Gasteiger partial charge in [0.25, 0.3) is 0 Å². The van der Waals surface area contributed by atoms with Crippen LogP contribution in [0, 0.1) is 0 Å². The highest BCUT2D eigenvalue weighted by molar-refractivity contribution is 5.83. The van der Waals surface area contributed by atoms with Gasteiger partial charge in [-0.15, -0.1) is 0 Å². The van der Waals surface area contributed by atoms with E-state index in [2.05, 4.69) is 34.9 Å². The van der Waals surface area contributed by atoms with Crippen LogP contribution in [0.15, 0.2) is 72.8 Å². The lowest BCUT2D eigenvalue weighted by Crippen LogP contribution is -2.32. The van der Waals surface area contributed by atoms with Gasteiger partial charge in [-0.2, -0.15) is 0 Å². The standard InChI is InChI=1S/C23H24N2O2/c1-17(20-12-11-19-9-5-6-10-21(19)16-20)25-22(26)13-14-24-23(27)15-18-7-3-2-4-8-18/h2-12,16-17H,13-15H2,1H3,(H,24,27)(H,25,26). The number of hydrogen-bond acceptors (Lipinski definition) is 2. The van der Waals surface area contributed by atoms with Crippen molar-refractivity contribution >= 4 is 22.6 Å². The summed E-state index contributed by atoms with van der Waals surface area (Å²) in [7, 11) is 0. The Morgan fingerprint density at radius 2 is 1.56 bits per heavy atom. The van der Waals surface area contributed by atoms with Crippen LogP contribution in [0.2, 0.25) is 0 Å². The number of nitrogens with one attached hydrogen (secondary N) is 2. The van der Waals surface area contributed by atoms with Crippen LogP contribution in [0.5, 0.6) is 0 Å². The van der Waals surface area contributed by atoms with Crippen LogP contribution in [0.25, 0.3) is 10.8 Å². The van der Waals surface area contributed by atoms with Crippen molar-refractivity contribution < 1.29 is 9.59 Å². The zero-order chi connectivity index (χ0) is 19.1. The second-order valence-electron chi connectivity index (χ2n) is 6.66. The highest BCUT2D eigenvalue weighted by Crippen LogP contribution is 2.20. The van der Waals surface area contributed by atoms with Gasteiger partial charge in [-0.1, -0.05) is 66.7 Å². The Labute approximate surface area is 159 Å². The third-order valence-corrected chi connectivity index (χ3v) is 4.53. The molecule has 0 saturated heterocycles. The maximum atomic E-state index is 12.2. The molecule has 1 unspecified atom stereocenters. The topological polar surface area (TPSA) is 58.2 Å². The Balaban J connectivity index is 1.44. The van der Waals surface area contributed by atoms with E-state index < -0.39 is 0 Å². The van der Waals surface area contributed by atoms with Crippen LogP contribution < -0.4 is 10.6 Å². The fourth-order valence-electron chi connectivity index (χ4n) is 3.03. The van der Waals surface area contributed by atoms with Crippen molar-refractivity contribution in [3.63, 3.8) is 0 Å². The van der Waals surface area contributed by atoms with E-state index in [1.54, 1.807) is 0 Å². The van der Waals surface area contributed by atoms with Crippen LogP contribution in [-0.2, 0) is 16.0 Å². The molecule has 2 N–H and O–H groups in total. The van der Waals surface area contributed by atoms with Gasteiger partial charge in [0.05, 0.1) is 12.5 Å². The Kier molecular flexibility index (Phi) is 6.21. The second-order valence-corrected chi connectivity index (χ2v) is 6.66. The Morgan fingerprint density at radius 1 is 0.852 bits per heavy atom. The van der Waals surface area contributed by atoms with Crippen molar-refractivity contribution in [2.75, 3.05) is 6.54 Å². The van der Waals surface area contributed by atoms with Gasteiger partial charge >= 0.3 is 0 Å². The number of rotatable bonds is 7. The SMILES string of the molecule is CC(NC(=O)CCNC(=O)Cc1ccccc1)c1ccc2ccccc2c1. The number of carbonyl (C=O) groups is 2. The van der Waals surface area contributed by atoms with E-state index in [1.807, 2.05) is 55.5 Å². The first-order valence-electron chi connectivity index (χ1n) is 9.20. The van der Waals surface area contributed by atoms with Crippen LogP contribution >= 0.6 is 0 Å². The van der Waals surface area contributed by atoms with E-state index in [-0.39, 0.29) is 24.3 Å². The molecule has 0 heterocycles. The van der Waals surface area contributed by atoms with E-state index in [9.17, 15) is 9.59 Å². The van der Waals surface area contributed by atoms with Gasteiger partial charge in [-0.25, -0.2) is 0 Å². The maximum Gasteiger partial charge on any atom is 0.224 e. The predicted octanol–water partition coefficient (Wildman–Crippen LogP) is 3.77. The number of carbonyl (C=O) groups excluding carboxylic acids is 2. The normalized spacial score (nSPS) is 11.7. The van der Waals surface area contributed by atoms with E-state index in [0.29, 0.717) is 13.0 Å². The van der Waals surface area contributed by atoms with Gasteiger partial charge < -0.3 is 10.6 Å². The number of fused-ring (bicyclic) bond motifs is 1. The molecule has 2 amide bonds. The molecule has 4 heteroatoms. The molecule has 138 valence electrons. The van der Waals surface area contributed by atoms with Crippen molar-refractivity contribution in [2.45, 2.75) is 25.8 Å². The summed E-state index contributed by atoms with van der Waals surface area (Å²) in [4.78, 5) is 24.1. The summed E-state index contributed by atoms with van der Waals surface area (Å²) in [6.45, 7) is 2.30. The maximum absolute atomic E-state index is 12.2. The van der Waals surface area contributed by atoms with Crippen molar-refractivity contribution in [2.24, 2.45) is 0 Å². The summed E-state index contributed by atoms with van der Waals surface area (Å²) in [6, 6.07) is 23.8. The average molecular weight is 360 g/mol. The smallest absolute Gasteiger partial charge is 0.224 e. The summed E-state index contributed by atoms with van der Waals surface area (Å²) >= 11 is 0. The van der Waals surface area contributed by atoms with Gasteiger partial charge in [-0.3, -0.25) is 9.59 Å². The quantitative estimate of drug-likeness (QED) is 0.674. The molecule has 0 spiro atoms. The van der Waals surface area contributed by atoms with E-state index in [0.717, 1.165) is 16.5 Å². The number of benzene rings is 3. The average Bonchev–Trinajstić information content (AvgIpc) is 2.68. The van der Waals surface area contributed by atoms with Crippen LogP contribution in [-0.4, -0.2) is 18.4 Å². The van der Waals surface area contributed by atoms with Gasteiger partial charge in [-0.05, 0) is 34.9 Å². The lowest BCUT2D eigenvalue weighted by molar-refractivity contribution is -0.122. The molecular weight excluding hydrogens is 336 g/mol. The molecule has 0 aliphatic rings. The summed E-state index contributed by atoms with van der Waals surface area (Å²) in [5.74, 6) is -0.146. The third-order valence-electron chi connectivity index (χ3n) is 4.53. The Hall–Kier alpha value is -3.14. The van der Waals surface area contributed by atoms with E-state index >= 15 is 0 Å². The first-order valence-corrected chi connectivity index (χ1v) is 9.20. The summed E-state index contributed by atoms with van der Waals surface area (Å²) in [5, 5.41) is 8.13. The molecule has 0 fully saturated rings. The fraction of sp³-hybridized carbons (Fsp3) is 0.217.